The molecular weight excluding hydrogens is 246 g/mol. The summed E-state index contributed by atoms with van der Waals surface area (Å²) in [6.07, 6.45) is -0.800. The first kappa shape index (κ1) is 11.8. The summed E-state index contributed by atoms with van der Waals surface area (Å²) in [6, 6.07) is 4.78. The summed E-state index contributed by atoms with van der Waals surface area (Å²) < 4.78 is 4.91. The summed E-state index contributed by atoms with van der Waals surface area (Å²) >= 11 is 16.8. The smallest absolute Gasteiger partial charge is 0.255 e. The summed E-state index contributed by atoms with van der Waals surface area (Å²) in [7, 11) is 1.40. The van der Waals surface area contributed by atoms with Gasteiger partial charge >= 0.3 is 0 Å². The van der Waals surface area contributed by atoms with Gasteiger partial charge in [0.2, 0.25) is 0 Å². The van der Waals surface area contributed by atoms with E-state index < -0.39 is 11.3 Å². The molecule has 0 bridgehead atoms. The third-order valence-corrected chi connectivity index (χ3v) is 2.63. The van der Waals surface area contributed by atoms with Gasteiger partial charge in [0.1, 0.15) is 0 Å². The third-order valence-electron chi connectivity index (χ3n) is 1.69. The van der Waals surface area contributed by atoms with Gasteiger partial charge in [-0.15, -0.1) is 0 Å². The fourth-order valence-corrected chi connectivity index (χ4v) is 1.56. The van der Waals surface area contributed by atoms with Crippen LogP contribution in [-0.2, 0) is 9.53 Å². The Hall–Kier alpha value is -0.280. The maximum absolute atomic E-state index is 10.9. The molecule has 0 aliphatic carbocycles. The number of methoxy groups -OCH3 is 1. The van der Waals surface area contributed by atoms with E-state index in [0.29, 0.717) is 15.6 Å². The molecule has 0 unspecified atom stereocenters. The van der Waals surface area contributed by atoms with E-state index >= 15 is 0 Å². The van der Waals surface area contributed by atoms with E-state index in [4.69, 9.17) is 39.5 Å². The van der Waals surface area contributed by atoms with Crippen LogP contribution in [0.4, 0.5) is 0 Å². The standard InChI is InChI=1S/C9H7Cl3O2/c1-14-8(9(12)13)5-2-3-6(10)7(11)4-5/h2-4,8H,1H3/t8-/m0/s1. The molecule has 0 aromatic heterocycles. The summed E-state index contributed by atoms with van der Waals surface area (Å²) in [5.74, 6) is 0. The van der Waals surface area contributed by atoms with Gasteiger partial charge in [-0.2, -0.15) is 0 Å². The normalized spacial score (nSPS) is 12.6. The fourth-order valence-electron chi connectivity index (χ4n) is 1.04. The highest BCUT2D eigenvalue weighted by Crippen LogP contribution is 2.27. The molecule has 0 amide bonds. The largest absolute Gasteiger partial charge is 0.368 e. The highest BCUT2D eigenvalue weighted by atomic mass is 35.5. The lowest BCUT2D eigenvalue weighted by molar-refractivity contribution is -0.121. The van der Waals surface area contributed by atoms with Gasteiger partial charge in [0.25, 0.3) is 5.24 Å². The van der Waals surface area contributed by atoms with Gasteiger partial charge in [0.05, 0.1) is 10.0 Å². The molecule has 0 radical (unpaired) electrons. The van der Waals surface area contributed by atoms with E-state index in [1.54, 1.807) is 18.2 Å². The monoisotopic (exact) mass is 252 g/mol. The minimum absolute atomic E-state index is 0.365. The zero-order valence-electron chi connectivity index (χ0n) is 7.26. The van der Waals surface area contributed by atoms with Gasteiger partial charge in [-0.3, -0.25) is 4.79 Å². The number of carbonyl (C=O) groups excluding carboxylic acids is 1. The first-order valence-electron chi connectivity index (χ1n) is 3.73. The Morgan fingerprint density at radius 3 is 2.43 bits per heavy atom. The van der Waals surface area contributed by atoms with Crippen LogP contribution < -0.4 is 0 Å². The van der Waals surface area contributed by atoms with Gasteiger partial charge < -0.3 is 4.74 Å². The van der Waals surface area contributed by atoms with Crippen LogP contribution in [0.25, 0.3) is 0 Å². The molecular formula is C9H7Cl3O2. The molecule has 0 heterocycles. The molecule has 1 rings (SSSR count). The Morgan fingerprint density at radius 2 is 2.00 bits per heavy atom. The van der Waals surface area contributed by atoms with Crippen LogP contribution in [0.15, 0.2) is 18.2 Å². The van der Waals surface area contributed by atoms with Crippen LogP contribution in [0.1, 0.15) is 11.7 Å². The van der Waals surface area contributed by atoms with Crippen molar-refractivity contribution in [3.8, 4) is 0 Å². The number of hydrogen-bond donors (Lipinski definition) is 0. The van der Waals surface area contributed by atoms with Crippen molar-refractivity contribution in [2.45, 2.75) is 6.10 Å². The lowest BCUT2D eigenvalue weighted by Gasteiger charge is -2.11. The number of hydrogen-bond acceptors (Lipinski definition) is 2. The van der Waals surface area contributed by atoms with E-state index in [0.717, 1.165) is 0 Å². The highest BCUT2D eigenvalue weighted by Gasteiger charge is 2.18. The maximum Gasteiger partial charge on any atom is 0.255 e. The van der Waals surface area contributed by atoms with Crippen molar-refractivity contribution in [1.29, 1.82) is 0 Å². The fraction of sp³-hybridized carbons (Fsp3) is 0.222. The van der Waals surface area contributed by atoms with Crippen LogP contribution in [0.3, 0.4) is 0 Å². The van der Waals surface area contributed by atoms with Crippen molar-refractivity contribution in [1.82, 2.24) is 0 Å². The summed E-state index contributed by atoms with van der Waals surface area (Å²) in [5.41, 5.74) is 0.585. The van der Waals surface area contributed by atoms with Gasteiger partial charge in [0.15, 0.2) is 6.10 Å². The first-order chi connectivity index (χ1) is 6.56. The Kier molecular flexibility index (Phi) is 4.20. The molecule has 0 saturated heterocycles. The van der Waals surface area contributed by atoms with Crippen LogP contribution in [0, 0.1) is 0 Å². The van der Waals surface area contributed by atoms with E-state index in [-0.39, 0.29) is 0 Å². The molecule has 0 fully saturated rings. The number of rotatable bonds is 3. The molecule has 0 aliphatic heterocycles. The van der Waals surface area contributed by atoms with Gasteiger partial charge in [0, 0.05) is 7.11 Å². The van der Waals surface area contributed by atoms with E-state index in [1.807, 2.05) is 0 Å². The highest BCUT2D eigenvalue weighted by molar-refractivity contribution is 6.64. The van der Waals surface area contributed by atoms with Gasteiger partial charge in [-0.05, 0) is 29.3 Å². The molecule has 0 saturated carbocycles. The minimum atomic E-state index is -0.800. The Bertz CT molecular complexity index is 352. The number of ether oxygens (including phenoxy) is 1. The van der Waals surface area contributed by atoms with Crippen molar-refractivity contribution in [3.05, 3.63) is 33.8 Å². The van der Waals surface area contributed by atoms with Gasteiger partial charge in [-0.1, -0.05) is 29.3 Å². The summed E-state index contributed by atoms with van der Waals surface area (Å²) in [4.78, 5) is 10.9. The van der Waals surface area contributed by atoms with Crippen molar-refractivity contribution in [2.75, 3.05) is 7.11 Å². The molecule has 2 nitrogen and oxygen atoms in total. The topological polar surface area (TPSA) is 26.3 Å². The molecule has 76 valence electrons. The second-order valence-corrected chi connectivity index (χ2v) is 3.78. The molecule has 0 spiro atoms. The Balaban J connectivity index is 3.06. The number of halogens is 3. The molecule has 0 aliphatic rings. The number of carbonyl (C=O) groups is 1. The second kappa shape index (κ2) is 4.99. The Labute approximate surface area is 96.7 Å². The quantitative estimate of drug-likeness (QED) is 0.771. The minimum Gasteiger partial charge on any atom is -0.368 e. The second-order valence-electron chi connectivity index (χ2n) is 2.59. The third kappa shape index (κ3) is 2.61. The molecule has 1 aromatic carbocycles. The molecule has 1 aromatic rings. The van der Waals surface area contributed by atoms with Crippen LogP contribution in [-0.4, -0.2) is 12.4 Å². The predicted octanol–water partition coefficient (Wildman–Crippen LogP) is 3.45. The molecule has 14 heavy (non-hydrogen) atoms. The molecule has 5 heteroatoms. The summed E-state index contributed by atoms with van der Waals surface area (Å²) in [6.45, 7) is 0. The van der Waals surface area contributed by atoms with Gasteiger partial charge in [-0.25, -0.2) is 0 Å². The zero-order valence-corrected chi connectivity index (χ0v) is 9.53. The SMILES string of the molecule is CO[C@H](C(=O)Cl)c1ccc(Cl)c(Cl)c1. The van der Waals surface area contributed by atoms with E-state index in [9.17, 15) is 4.79 Å². The lowest BCUT2D eigenvalue weighted by Crippen LogP contribution is -2.08. The number of benzene rings is 1. The van der Waals surface area contributed by atoms with E-state index in [2.05, 4.69) is 0 Å². The van der Waals surface area contributed by atoms with Crippen LogP contribution in [0.2, 0.25) is 10.0 Å². The molecule has 0 N–H and O–H groups in total. The van der Waals surface area contributed by atoms with Crippen molar-refractivity contribution >= 4 is 40.0 Å². The molecule has 1 atom stereocenters. The first-order valence-corrected chi connectivity index (χ1v) is 4.86. The van der Waals surface area contributed by atoms with Crippen molar-refractivity contribution in [2.24, 2.45) is 0 Å². The lowest BCUT2D eigenvalue weighted by atomic mass is 10.1. The van der Waals surface area contributed by atoms with Crippen molar-refractivity contribution in [3.63, 3.8) is 0 Å². The van der Waals surface area contributed by atoms with Crippen molar-refractivity contribution < 1.29 is 9.53 Å². The average Bonchev–Trinajstić information content (AvgIpc) is 2.11. The maximum atomic E-state index is 10.9. The van der Waals surface area contributed by atoms with Crippen LogP contribution >= 0.6 is 34.8 Å². The van der Waals surface area contributed by atoms with Crippen LogP contribution in [0.5, 0.6) is 0 Å². The van der Waals surface area contributed by atoms with E-state index in [1.165, 1.54) is 7.11 Å². The predicted molar refractivity (Wildman–Crippen MR) is 57.1 cm³/mol. The summed E-state index contributed by atoms with van der Waals surface area (Å²) in [5, 5.41) is 0.197. The average molecular weight is 254 g/mol. The Morgan fingerprint density at radius 1 is 1.36 bits per heavy atom. The zero-order chi connectivity index (χ0) is 10.7.